The summed E-state index contributed by atoms with van der Waals surface area (Å²) in [5, 5.41) is 11.7. The minimum Gasteiger partial charge on any atom is -0.481 e. The van der Waals surface area contributed by atoms with Crippen molar-refractivity contribution in [3.05, 3.63) is 83.0 Å². The fourth-order valence-electron chi connectivity index (χ4n) is 6.29. The molecule has 0 spiro atoms. The van der Waals surface area contributed by atoms with Crippen molar-refractivity contribution in [2.24, 2.45) is 0 Å². The number of rotatable bonds is 4. The highest BCUT2D eigenvalue weighted by atomic mass is 16.6. The average molecular weight is 487 g/mol. The van der Waals surface area contributed by atoms with Gasteiger partial charge in [-0.2, -0.15) is 0 Å². The summed E-state index contributed by atoms with van der Waals surface area (Å²) in [5.74, 6) is 0.520. The molecule has 0 radical (unpaired) electrons. The number of carbonyl (C=O) groups is 1. The number of fused-ring (bicyclic) bond motifs is 5. The number of carbonyl (C=O) groups excluding carboxylic acids is 1. The molecule has 2 aliphatic heterocycles. The lowest BCUT2D eigenvalue weighted by atomic mass is 9.76. The molecule has 2 aromatic carbocycles. The third kappa shape index (κ3) is 3.74. The lowest BCUT2D eigenvalue weighted by Crippen LogP contribution is -2.62. The van der Waals surface area contributed by atoms with Crippen LogP contribution in [0.4, 0.5) is 4.79 Å². The molecule has 0 saturated carbocycles. The van der Waals surface area contributed by atoms with E-state index in [9.17, 15) is 9.90 Å². The first kappa shape index (κ1) is 23.0. The SMILES string of the molecule is COc1cc(C)c(C2(O)CC3COCC(C2)N3C(=O)OCC2c3ccccc3-c3ccccc32)cn1. The molecule has 1 amide bonds. The molecule has 3 aromatic rings. The van der Waals surface area contributed by atoms with Gasteiger partial charge in [0.15, 0.2) is 0 Å². The molecule has 2 unspecified atom stereocenters. The van der Waals surface area contributed by atoms with Crippen LogP contribution in [0.5, 0.6) is 5.88 Å². The molecule has 7 nitrogen and oxygen atoms in total. The van der Waals surface area contributed by atoms with Crippen LogP contribution in [-0.2, 0) is 15.1 Å². The van der Waals surface area contributed by atoms with Gasteiger partial charge in [0, 0.05) is 36.6 Å². The van der Waals surface area contributed by atoms with Gasteiger partial charge in [0.2, 0.25) is 5.88 Å². The number of hydrogen-bond acceptors (Lipinski definition) is 6. The van der Waals surface area contributed by atoms with Crippen LogP contribution < -0.4 is 4.74 Å². The van der Waals surface area contributed by atoms with Crippen molar-refractivity contribution in [2.75, 3.05) is 26.9 Å². The third-order valence-corrected chi connectivity index (χ3v) is 7.90. The Morgan fingerprint density at radius 1 is 1.08 bits per heavy atom. The van der Waals surface area contributed by atoms with E-state index in [4.69, 9.17) is 14.2 Å². The number of pyridine rings is 1. The van der Waals surface area contributed by atoms with Gasteiger partial charge in [-0.15, -0.1) is 0 Å². The lowest BCUT2D eigenvalue weighted by Gasteiger charge is -2.51. The van der Waals surface area contributed by atoms with Crippen LogP contribution in [0.15, 0.2) is 60.8 Å². The van der Waals surface area contributed by atoms with Gasteiger partial charge in [0.1, 0.15) is 6.61 Å². The van der Waals surface area contributed by atoms with Crippen molar-refractivity contribution in [3.63, 3.8) is 0 Å². The highest BCUT2D eigenvalue weighted by molar-refractivity contribution is 5.79. The van der Waals surface area contributed by atoms with Gasteiger partial charge in [0.05, 0.1) is 38.0 Å². The van der Waals surface area contributed by atoms with Gasteiger partial charge in [-0.3, -0.25) is 4.90 Å². The van der Waals surface area contributed by atoms with E-state index >= 15 is 0 Å². The smallest absolute Gasteiger partial charge is 0.410 e. The molecule has 36 heavy (non-hydrogen) atoms. The van der Waals surface area contributed by atoms with Crippen LogP contribution >= 0.6 is 0 Å². The zero-order valence-electron chi connectivity index (χ0n) is 20.5. The molecule has 1 aliphatic carbocycles. The van der Waals surface area contributed by atoms with Gasteiger partial charge in [-0.1, -0.05) is 48.5 Å². The van der Waals surface area contributed by atoms with Crippen LogP contribution in [0.1, 0.15) is 41.0 Å². The Labute approximate surface area is 210 Å². The highest BCUT2D eigenvalue weighted by Gasteiger charge is 2.50. The monoisotopic (exact) mass is 486 g/mol. The van der Waals surface area contributed by atoms with Crippen molar-refractivity contribution in [1.29, 1.82) is 0 Å². The third-order valence-electron chi connectivity index (χ3n) is 7.90. The van der Waals surface area contributed by atoms with Crippen molar-refractivity contribution < 1.29 is 24.1 Å². The van der Waals surface area contributed by atoms with Crippen LogP contribution in [0.25, 0.3) is 11.1 Å². The second-order valence-corrected chi connectivity index (χ2v) is 10.0. The molecule has 6 rings (SSSR count). The molecular formula is C29H30N2O5. The summed E-state index contributed by atoms with van der Waals surface area (Å²) in [6, 6.07) is 17.9. The maximum Gasteiger partial charge on any atom is 0.410 e. The molecule has 7 heteroatoms. The fourth-order valence-corrected chi connectivity index (χ4v) is 6.29. The van der Waals surface area contributed by atoms with Crippen LogP contribution in [0.3, 0.4) is 0 Å². The first-order chi connectivity index (χ1) is 17.5. The summed E-state index contributed by atoms with van der Waals surface area (Å²) >= 11 is 0. The van der Waals surface area contributed by atoms with Crippen molar-refractivity contribution in [1.82, 2.24) is 9.88 Å². The second-order valence-electron chi connectivity index (χ2n) is 10.0. The molecule has 3 heterocycles. The number of hydrogen-bond donors (Lipinski definition) is 1. The summed E-state index contributed by atoms with van der Waals surface area (Å²) in [6.07, 6.45) is 2.07. The molecule has 186 valence electrons. The Morgan fingerprint density at radius 2 is 1.69 bits per heavy atom. The van der Waals surface area contributed by atoms with Gasteiger partial charge < -0.3 is 19.3 Å². The zero-order valence-corrected chi connectivity index (χ0v) is 20.5. The van der Waals surface area contributed by atoms with Crippen LogP contribution in [0, 0.1) is 6.92 Å². The molecule has 2 saturated heterocycles. The van der Waals surface area contributed by atoms with Gasteiger partial charge in [0.25, 0.3) is 0 Å². The maximum absolute atomic E-state index is 13.4. The first-order valence-electron chi connectivity index (χ1n) is 12.4. The minimum atomic E-state index is -1.09. The summed E-state index contributed by atoms with van der Waals surface area (Å²) in [6.45, 7) is 2.95. The number of nitrogens with zero attached hydrogens (tertiary/aromatic N) is 2. The minimum absolute atomic E-state index is 0.00665. The van der Waals surface area contributed by atoms with Crippen molar-refractivity contribution in [3.8, 4) is 17.0 Å². The van der Waals surface area contributed by atoms with E-state index in [2.05, 4.69) is 29.2 Å². The predicted molar refractivity (Wildman–Crippen MR) is 134 cm³/mol. The Morgan fingerprint density at radius 3 is 2.28 bits per heavy atom. The fraction of sp³-hybridized carbons (Fsp3) is 0.379. The Hall–Kier alpha value is -3.42. The maximum atomic E-state index is 13.4. The van der Waals surface area contributed by atoms with Crippen LogP contribution in [0.2, 0.25) is 0 Å². The Balaban J connectivity index is 1.20. The number of aryl methyl sites for hydroxylation is 1. The molecular weight excluding hydrogens is 456 g/mol. The Kier molecular flexibility index (Phi) is 5.69. The number of benzene rings is 2. The molecule has 3 aliphatic rings. The molecule has 2 atom stereocenters. The van der Waals surface area contributed by atoms with Gasteiger partial charge in [-0.25, -0.2) is 9.78 Å². The first-order valence-corrected chi connectivity index (χ1v) is 12.4. The van der Waals surface area contributed by atoms with E-state index in [-0.39, 0.29) is 30.7 Å². The molecule has 1 N–H and O–H groups in total. The van der Waals surface area contributed by atoms with E-state index in [1.807, 2.05) is 37.3 Å². The second kappa shape index (κ2) is 8.91. The van der Waals surface area contributed by atoms with E-state index in [1.54, 1.807) is 18.2 Å². The zero-order chi connectivity index (χ0) is 24.9. The topological polar surface area (TPSA) is 81.1 Å². The van der Waals surface area contributed by atoms with E-state index in [0.29, 0.717) is 31.9 Å². The molecule has 2 bridgehead atoms. The van der Waals surface area contributed by atoms with Crippen LogP contribution in [-0.4, -0.2) is 60.1 Å². The number of morpholine rings is 1. The highest BCUT2D eigenvalue weighted by Crippen LogP contribution is 2.45. The van der Waals surface area contributed by atoms with Gasteiger partial charge >= 0.3 is 6.09 Å². The van der Waals surface area contributed by atoms with Crippen molar-refractivity contribution in [2.45, 2.75) is 43.4 Å². The van der Waals surface area contributed by atoms with Gasteiger partial charge in [-0.05, 0) is 34.7 Å². The van der Waals surface area contributed by atoms with E-state index in [0.717, 1.165) is 11.1 Å². The normalized spacial score (nSPS) is 24.7. The number of aliphatic hydroxyl groups is 1. The summed E-state index contributed by atoms with van der Waals surface area (Å²) in [4.78, 5) is 19.5. The Bertz CT molecular complexity index is 1250. The molecule has 2 fully saturated rings. The number of piperidine rings is 1. The summed E-state index contributed by atoms with van der Waals surface area (Å²) < 4.78 is 17.0. The van der Waals surface area contributed by atoms with Crippen molar-refractivity contribution >= 4 is 6.09 Å². The molecule has 1 aromatic heterocycles. The number of ether oxygens (including phenoxy) is 3. The predicted octanol–water partition coefficient (Wildman–Crippen LogP) is 4.40. The lowest BCUT2D eigenvalue weighted by molar-refractivity contribution is -0.136. The summed E-state index contributed by atoms with van der Waals surface area (Å²) in [5.41, 5.74) is 5.36. The number of methoxy groups -OCH3 is 1. The summed E-state index contributed by atoms with van der Waals surface area (Å²) in [7, 11) is 1.57. The average Bonchev–Trinajstić information content (AvgIpc) is 3.20. The van der Waals surface area contributed by atoms with E-state index < -0.39 is 5.60 Å². The standard InChI is InChI=1S/C29H30N2O5/c1-18-11-27(34-2)30-14-26(18)29(33)12-19-15-35-16-20(13-29)31(19)28(32)36-17-25-23-9-5-3-7-21(23)22-8-4-6-10-24(22)25/h3-11,14,19-20,25,33H,12-13,15-17H2,1-2H3. The number of amides is 1. The van der Waals surface area contributed by atoms with E-state index in [1.165, 1.54) is 22.3 Å². The number of aromatic nitrogens is 1. The largest absolute Gasteiger partial charge is 0.481 e. The quantitative estimate of drug-likeness (QED) is 0.589.